The summed E-state index contributed by atoms with van der Waals surface area (Å²) in [5.74, 6) is 0.893. The first kappa shape index (κ1) is 13.7. The van der Waals surface area contributed by atoms with Gasteiger partial charge in [0.1, 0.15) is 0 Å². The lowest BCUT2D eigenvalue weighted by atomic mass is 10.3. The van der Waals surface area contributed by atoms with Crippen LogP contribution in [0.3, 0.4) is 0 Å². The topological polar surface area (TPSA) is 27.6 Å². The molecule has 0 atom stereocenters. The van der Waals surface area contributed by atoms with Gasteiger partial charge in [0, 0.05) is 6.54 Å². The van der Waals surface area contributed by atoms with E-state index in [9.17, 15) is 0 Å². The summed E-state index contributed by atoms with van der Waals surface area (Å²) in [5.41, 5.74) is 0.740. The van der Waals surface area contributed by atoms with Gasteiger partial charge in [0.25, 0.3) is 0 Å². The molecule has 0 saturated carbocycles. The molecule has 1 aliphatic heterocycles. The zero-order chi connectivity index (χ0) is 13.3. The van der Waals surface area contributed by atoms with Gasteiger partial charge in [-0.1, -0.05) is 48.9 Å². The monoisotopic (exact) mass is 301 g/mol. The van der Waals surface area contributed by atoms with Crippen molar-refractivity contribution >= 4 is 43.1 Å². The molecular formula is C12H17Cl2N3Si. The highest BCUT2D eigenvalue weighted by Gasteiger charge is 2.30. The predicted octanol–water partition coefficient (Wildman–Crippen LogP) is 3.91. The molecule has 0 spiro atoms. The molecule has 1 heterocycles. The average Bonchev–Trinajstić information content (AvgIpc) is 2.71. The molecular weight excluding hydrogens is 285 g/mol. The largest absolute Gasteiger partial charge is 0.368 e. The fraction of sp³-hybridized carbons (Fsp3) is 0.417. The van der Waals surface area contributed by atoms with E-state index in [0.29, 0.717) is 10.0 Å². The van der Waals surface area contributed by atoms with Crippen molar-refractivity contribution in [3.05, 3.63) is 28.2 Å². The zero-order valence-electron chi connectivity index (χ0n) is 10.8. The van der Waals surface area contributed by atoms with E-state index < -0.39 is 8.24 Å². The Labute approximate surface area is 119 Å². The third-order valence-corrected chi connectivity index (χ3v) is 5.54. The minimum atomic E-state index is -1.42. The highest BCUT2D eigenvalue weighted by molar-refractivity contribution is 6.75. The lowest BCUT2D eigenvalue weighted by Gasteiger charge is -2.33. The summed E-state index contributed by atoms with van der Waals surface area (Å²) in [7, 11) is -1.42. The average molecular weight is 302 g/mol. The van der Waals surface area contributed by atoms with Crippen molar-refractivity contribution < 1.29 is 0 Å². The zero-order valence-corrected chi connectivity index (χ0v) is 13.3. The number of halogens is 2. The van der Waals surface area contributed by atoms with Crippen LogP contribution in [0.15, 0.2) is 23.2 Å². The number of benzene rings is 1. The van der Waals surface area contributed by atoms with Gasteiger partial charge in [-0.3, -0.25) is 4.99 Å². The van der Waals surface area contributed by atoms with Gasteiger partial charge >= 0.3 is 0 Å². The maximum absolute atomic E-state index is 6.16. The molecule has 1 aromatic carbocycles. The number of guanidine groups is 1. The second kappa shape index (κ2) is 5.11. The van der Waals surface area contributed by atoms with E-state index in [4.69, 9.17) is 23.2 Å². The van der Waals surface area contributed by atoms with Gasteiger partial charge in [-0.05, 0) is 12.1 Å². The van der Waals surface area contributed by atoms with Crippen LogP contribution in [0, 0.1) is 0 Å². The standard InChI is InChI=1S/C12H17Cl2N3Si/c1-18(2,3)17-8-7-15-12(17)16-11-9(13)5-4-6-10(11)14/h4-6H,7-8H2,1-3H3,(H,15,16). The molecule has 3 nitrogen and oxygen atoms in total. The Morgan fingerprint density at radius 3 is 2.39 bits per heavy atom. The van der Waals surface area contributed by atoms with E-state index >= 15 is 0 Å². The number of aliphatic imine (C=N–C) groups is 1. The lowest BCUT2D eigenvalue weighted by Crippen LogP contribution is -2.50. The molecule has 18 heavy (non-hydrogen) atoms. The molecule has 0 unspecified atom stereocenters. The van der Waals surface area contributed by atoms with Crippen molar-refractivity contribution in [1.29, 1.82) is 0 Å². The SMILES string of the molecule is C[Si](C)(C)N1CCN=C1Nc1c(Cl)cccc1Cl. The Hall–Kier alpha value is -0.713. The van der Waals surface area contributed by atoms with Gasteiger partial charge < -0.3 is 9.88 Å². The quantitative estimate of drug-likeness (QED) is 0.839. The van der Waals surface area contributed by atoms with Crippen LogP contribution in [0.2, 0.25) is 29.7 Å². The molecule has 6 heteroatoms. The van der Waals surface area contributed by atoms with Crippen molar-refractivity contribution in [2.24, 2.45) is 4.99 Å². The highest BCUT2D eigenvalue weighted by Crippen LogP contribution is 2.30. The van der Waals surface area contributed by atoms with E-state index in [1.165, 1.54) is 0 Å². The molecule has 98 valence electrons. The first-order chi connectivity index (χ1) is 8.39. The summed E-state index contributed by atoms with van der Waals surface area (Å²) in [6, 6.07) is 5.48. The van der Waals surface area contributed by atoms with Crippen LogP contribution < -0.4 is 5.32 Å². The molecule has 0 saturated heterocycles. The Balaban J connectivity index is 2.24. The molecule has 0 radical (unpaired) electrons. The first-order valence-corrected chi connectivity index (χ1v) is 10.1. The fourth-order valence-corrected chi connectivity index (χ4v) is 3.96. The van der Waals surface area contributed by atoms with Gasteiger partial charge in [0.2, 0.25) is 0 Å². The third-order valence-electron chi connectivity index (χ3n) is 2.85. The van der Waals surface area contributed by atoms with Crippen LogP contribution in [0.4, 0.5) is 5.69 Å². The van der Waals surface area contributed by atoms with Gasteiger partial charge in [0.05, 0.1) is 22.3 Å². The third kappa shape index (κ3) is 2.82. The molecule has 1 N–H and O–H groups in total. The minimum Gasteiger partial charge on any atom is -0.368 e. The lowest BCUT2D eigenvalue weighted by molar-refractivity contribution is 0.667. The second-order valence-electron chi connectivity index (χ2n) is 5.25. The number of para-hydroxylation sites is 1. The maximum Gasteiger partial charge on any atom is 0.190 e. The molecule has 1 aromatic rings. The molecule has 0 amide bonds. The van der Waals surface area contributed by atoms with Crippen molar-refractivity contribution in [1.82, 2.24) is 4.57 Å². The van der Waals surface area contributed by atoms with Gasteiger partial charge in [-0.25, -0.2) is 0 Å². The molecule has 0 aromatic heterocycles. The summed E-state index contributed by atoms with van der Waals surface area (Å²) in [4.78, 5) is 4.51. The van der Waals surface area contributed by atoms with Crippen LogP contribution in [-0.2, 0) is 0 Å². The second-order valence-corrected chi connectivity index (χ2v) is 10.9. The fourth-order valence-electron chi connectivity index (χ4n) is 1.94. The molecule has 0 fully saturated rings. The first-order valence-electron chi connectivity index (χ1n) is 5.93. The Kier molecular flexibility index (Phi) is 3.89. The van der Waals surface area contributed by atoms with Crippen LogP contribution in [-0.4, -0.2) is 31.9 Å². The smallest absolute Gasteiger partial charge is 0.190 e. The molecule has 0 bridgehead atoms. The molecule has 2 rings (SSSR count). The van der Waals surface area contributed by atoms with Crippen LogP contribution in [0.1, 0.15) is 0 Å². The van der Waals surface area contributed by atoms with Gasteiger partial charge in [-0.2, -0.15) is 0 Å². The van der Waals surface area contributed by atoms with E-state index in [-0.39, 0.29) is 0 Å². The van der Waals surface area contributed by atoms with Crippen LogP contribution in [0.5, 0.6) is 0 Å². The van der Waals surface area contributed by atoms with Crippen LogP contribution >= 0.6 is 23.2 Å². The van der Waals surface area contributed by atoms with E-state index in [0.717, 1.165) is 24.7 Å². The number of nitrogens with zero attached hydrogens (tertiary/aromatic N) is 2. The highest BCUT2D eigenvalue weighted by atomic mass is 35.5. The Bertz CT molecular complexity index is 462. The van der Waals surface area contributed by atoms with E-state index in [2.05, 4.69) is 34.5 Å². The van der Waals surface area contributed by atoms with E-state index in [1.54, 1.807) is 0 Å². The van der Waals surface area contributed by atoms with Crippen molar-refractivity contribution in [2.45, 2.75) is 19.6 Å². The summed E-state index contributed by atoms with van der Waals surface area (Å²) in [6.45, 7) is 8.69. The number of hydrogen-bond acceptors (Lipinski definition) is 3. The minimum absolute atomic E-state index is 0.618. The number of hydrogen-bond donors (Lipinski definition) is 1. The molecule has 1 aliphatic rings. The predicted molar refractivity (Wildman–Crippen MR) is 82.4 cm³/mol. The summed E-state index contributed by atoms with van der Waals surface area (Å²) >= 11 is 12.3. The van der Waals surface area contributed by atoms with Gasteiger partial charge in [0.15, 0.2) is 14.2 Å². The summed E-state index contributed by atoms with van der Waals surface area (Å²) in [5, 5.41) is 4.52. The van der Waals surface area contributed by atoms with Crippen molar-refractivity contribution in [2.75, 3.05) is 18.4 Å². The number of rotatable bonds is 2. The number of anilines is 1. The van der Waals surface area contributed by atoms with E-state index in [1.807, 2.05) is 18.2 Å². The summed E-state index contributed by atoms with van der Waals surface area (Å²) < 4.78 is 2.35. The Morgan fingerprint density at radius 1 is 1.22 bits per heavy atom. The van der Waals surface area contributed by atoms with Crippen LogP contribution in [0.25, 0.3) is 0 Å². The summed E-state index contributed by atoms with van der Waals surface area (Å²) in [6.07, 6.45) is 0. The van der Waals surface area contributed by atoms with Gasteiger partial charge in [-0.15, -0.1) is 0 Å². The van der Waals surface area contributed by atoms with Crippen molar-refractivity contribution in [3.63, 3.8) is 0 Å². The Morgan fingerprint density at radius 2 is 1.83 bits per heavy atom. The normalized spacial score (nSPS) is 15.8. The molecule has 0 aliphatic carbocycles. The number of nitrogens with one attached hydrogen (secondary N) is 1. The van der Waals surface area contributed by atoms with Crippen molar-refractivity contribution in [3.8, 4) is 0 Å². The maximum atomic E-state index is 6.16.